The fraction of sp³-hybridized carbons (Fsp3) is 0.261. The molecule has 6 heteroatoms. The Hall–Kier alpha value is -2.34. The molecule has 29 heavy (non-hydrogen) atoms. The predicted octanol–water partition coefficient (Wildman–Crippen LogP) is 4.94. The van der Waals surface area contributed by atoms with Gasteiger partial charge in [-0.25, -0.2) is 0 Å². The van der Waals surface area contributed by atoms with Crippen molar-refractivity contribution in [1.82, 2.24) is 9.80 Å². The topological polar surface area (TPSA) is 32.8 Å². The number of ether oxygens (including phenoxy) is 1. The number of piperazine rings is 1. The van der Waals surface area contributed by atoms with Crippen molar-refractivity contribution >= 4 is 28.8 Å². The molecule has 1 saturated heterocycles. The third kappa shape index (κ3) is 5.38. The summed E-state index contributed by atoms with van der Waals surface area (Å²) in [5.41, 5.74) is 2.32. The van der Waals surface area contributed by atoms with Crippen LogP contribution in [0.4, 0.5) is 0 Å². The smallest absolute Gasteiger partial charge is 0.264 e. The van der Waals surface area contributed by atoms with Crippen LogP contribution >= 0.6 is 22.9 Å². The van der Waals surface area contributed by atoms with Crippen molar-refractivity contribution < 1.29 is 9.53 Å². The largest absolute Gasteiger partial charge is 0.489 e. The van der Waals surface area contributed by atoms with Crippen LogP contribution in [0, 0.1) is 0 Å². The Bertz CT molecular complexity index is 952. The Kier molecular flexibility index (Phi) is 6.49. The summed E-state index contributed by atoms with van der Waals surface area (Å²) in [6, 6.07) is 19.7. The summed E-state index contributed by atoms with van der Waals surface area (Å²) in [6.45, 7) is 4.69. The van der Waals surface area contributed by atoms with Crippen LogP contribution in [0.1, 0.15) is 20.8 Å². The molecule has 2 aromatic carbocycles. The molecule has 1 aromatic heterocycles. The number of benzene rings is 2. The number of hydrogen-bond acceptors (Lipinski definition) is 4. The lowest BCUT2D eigenvalue weighted by molar-refractivity contribution is 0.0633. The van der Waals surface area contributed by atoms with Crippen molar-refractivity contribution in [2.75, 3.05) is 26.2 Å². The second kappa shape index (κ2) is 9.44. The molecule has 0 radical (unpaired) electrons. The SMILES string of the molecule is O=C(c1cc(COc2cccc(Cl)c2)cs1)N1CCN(Cc2ccccc2)CC1. The second-order valence-corrected chi connectivity index (χ2v) is 8.47. The molecule has 0 bridgehead atoms. The van der Waals surface area contributed by atoms with Gasteiger partial charge in [0.25, 0.3) is 5.91 Å². The fourth-order valence-corrected chi connectivity index (χ4v) is 4.44. The predicted molar refractivity (Wildman–Crippen MR) is 118 cm³/mol. The third-order valence-corrected chi connectivity index (χ3v) is 6.18. The third-order valence-electron chi connectivity index (χ3n) is 4.97. The van der Waals surface area contributed by atoms with Gasteiger partial charge >= 0.3 is 0 Å². The minimum Gasteiger partial charge on any atom is -0.489 e. The molecule has 0 N–H and O–H groups in total. The molecule has 1 aliphatic rings. The molecule has 3 aromatic rings. The first-order valence-electron chi connectivity index (χ1n) is 9.69. The van der Waals surface area contributed by atoms with E-state index in [2.05, 4.69) is 29.2 Å². The van der Waals surface area contributed by atoms with Crippen LogP contribution in [-0.4, -0.2) is 41.9 Å². The minimum absolute atomic E-state index is 0.114. The van der Waals surface area contributed by atoms with E-state index >= 15 is 0 Å². The Labute approximate surface area is 180 Å². The minimum atomic E-state index is 0.114. The van der Waals surface area contributed by atoms with Crippen LogP contribution in [-0.2, 0) is 13.2 Å². The van der Waals surface area contributed by atoms with E-state index in [0.29, 0.717) is 11.6 Å². The number of rotatable bonds is 6. The van der Waals surface area contributed by atoms with E-state index < -0.39 is 0 Å². The van der Waals surface area contributed by atoms with Gasteiger partial charge in [0.05, 0.1) is 4.88 Å². The first-order chi connectivity index (χ1) is 14.2. The lowest BCUT2D eigenvalue weighted by Gasteiger charge is -2.34. The number of thiophene rings is 1. The summed E-state index contributed by atoms with van der Waals surface area (Å²) in [5.74, 6) is 0.842. The van der Waals surface area contributed by atoms with Crippen LogP contribution in [0.15, 0.2) is 66.0 Å². The summed E-state index contributed by atoms with van der Waals surface area (Å²) in [6.07, 6.45) is 0. The lowest BCUT2D eigenvalue weighted by Crippen LogP contribution is -2.48. The van der Waals surface area contributed by atoms with Crippen molar-refractivity contribution in [3.05, 3.63) is 87.1 Å². The van der Waals surface area contributed by atoms with E-state index in [4.69, 9.17) is 16.3 Å². The summed E-state index contributed by atoms with van der Waals surface area (Å²) in [5, 5.41) is 2.64. The molecule has 0 aliphatic carbocycles. The van der Waals surface area contributed by atoms with E-state index in [-0.39, 0.29) is 5.91 Å². The van der Waals surface area contributed by atoms with E-state index in [9.17, 15) is 4.79 Å². The highest BCUT2D eigenvalue weighted by Crippen LogP contribution is 2.22. The van der Waals surface area contributed by atoms with Crippen molar-refractivity contribution in [3.8, 4) is 5.75 Å². The number of nitrogens with zero attached hydrogens (tertiary/aromatic N) is 2. The van der Waals surface area contributed by atoms with Gasteiger partial charge in [-0.2, -0.15) is 0 Å². The molecule has 150 valence electrons. The van der Waals surface area contributed by atoms with E-state index in [0.717, 1.165) is 48.9 Å². The summed E-state index contributed by atoms with van der Waals surface area (Å²) >= 11 is 7.46. The molecule has 1 amide bonds. The zero-order chi connectivity index (χ0) is 20.1. The highest BCUT2D eigenvalue weighted by atomic mass is 35.5. The Morgan fingerprint density at radius 3 is 2.52 bits per heavy atom. The molecular formula is C23H23ClN2O2S. The number of carbonyl (C=O) groups excluding carboxylic acids is 1. The number of hydrogen-bond donors (Lipinski definition) is 0. The zero-order valence-electron chi connectivity index (χ0n) is 16.1. The van der Waals surface area contributed by atoms with Crippen molar-refractivity contribution in [2.24, 2.45) is 0 Å². The molecule has 0 unspecified atom stereocenters. The molecule has 1 fully saturated rings. The standard InChI is InChI=1S/C23H23ClN2O2S/c24-20-7-4-8-21(14-20)28-16-19-13-22(29-17-19)23(27)26-11-9-25(10-12-26)15-18-5-2-1-3-6-18/h1-8,13-14,17H,9-12,15-16H2. The highest BCUT2D eigenvalue weighted by molar-refractivity contribution is 7.12. The molecule has 1 aliphatic heterocycles. The normalized spacial score (nSPS) is 14.7. The quantitative estimate of drug-likeness (QED) is 0.559. The monoisotopic (exact) mass is 426 g/mol. The molecule has 0 spiro atoms. The number of amides is 1. The van der Waals surface area contributed by atoms with Gasteiger partial charge < -0.3 is 9.64 Å². The molecule has 0 saturated carbocycles. The van der Waals surface area contributed by atoms with E-state index in [1.165, 1.54) is 16.9 Å². The average molecular weight is 427 g/mol. The van der Waals surface area contributed by atoms with E-state index in [1.807, 2.05) is 40.6 Å². The zero-order valence-corrected chi connectivity index (χ0v) is 17.7. The fourth-order valence-electron chi connectivity index (χ4n) is 3.39. The van der Waals surface area contributed by atoms with Gasteiger partial charge in [0.1, 0.15) is 12.4 Å². The summed E-state index contributed by atoms with van der Waals surface area (Å²) in [7, 11) is 0. The van der Waals surface area contributed by atoms with Gasteiger partial charge in [-0.05, 0) is 35.2 Å². The summed E-state index contributed by atoms with van der Waals surface area (Å²) in [4.78, 5) is 18.0. The maximum absolute atomic E-state index is 12.9. The second-order valence-electron chi connectivity index (χ2n) is 7.12. The number of halogens is 1. The lowest BCUT2D eigenvalue weighted by atomic mass is 10.2. The van der Waals surface area contributed by atoms with Crippen LogP contribution in [0.5, 0.6) is 5.75 Å². The Morgan fingerprint density at radius 2 is 1.76 bits per heavy atom. The number of carbonyl (C=O) groups is 1. The van der Waals surface area contributed by atoms with Gasteiger partial charge in [0.15, 0.2) is 0 Å². The van der Waals surface area contributed by atoms with Crippen molar-refractivity contribution in [1.29, 1.82) is 0 Å². The van der Waals surface area contributed by atoms with Gasteiger partial charge in [-0.1, -0.05) is 48.0 Å². The van der Waals surface area contributed by atoms with Crippen LogP contribution in [0.2, 0.25) is 5.02 Å². The van der Waals surface area contributed by atoms with Crippen LogP contribution in [0.25, 0.3) is 0 Å². The van der Waals surface area contributed by atoms with Crippen molar-refractivity contribution in [3.63, 3.8) is 0 Å². The molecule has 4 nitrogen and oxygen atoms in total. The Morgan fingerprint density at radius 1 is 0.966 bits per heavy atom. The summed E-state index contributed by atoms with van der Waals surface area (Å²) < 4.78 is 5.77. The first-order valence-corrected chi connectivity index (χ1v) is 10.9. The molecule has 2 heterocycles. The highest BCUT2D eigenvalue weighted by Gasteiger charge is 2.23. The molecule has 4 rings (SSSR count). The van der Waals surface area contributed by atoms with Gasteiger partial charge in [0, 0.05) is 43.3 Å². The first kappa shape index (κ1) is 20.0. The van der Waals surface area contributed by atoms with E-state index in [1.54, 1.807) is 6.07 Å². The van der Waals surface area contributed by atoms with Gasteiger partial charge in [-0.3, -0.25) is 9.69 Å². The maximum atomic E-state index is 12.9. The van der Waals surface area contributed by atoms with Crippen molar-refractivity contribution in [2.45, 2.75) is 13.2 Å². The maximum Gasteiger partial charge on any atom is 0.264 e. The van der Waals surface area contributed by atoms with Gasteiger partial charge in [-0.15, -0.1) is 11.3 Å². The van der Waals surface area contributed by atoms with Crippen LogP contribution in [0.3, 0.4) is 0 Å². The van der Waals surface area contributed by atoms with Gasteiger partial charge in [0.2, 0.25) is 0 Å². The van der Waals surface area contributed by atoms with Crippen LogP contribution < -0.4 is 4.74 Å². The molecular weight excluding hydrogens is 404 g/mol. The average Bonchev–Trinajstić information content (AvgIpc) is 3.22. The molecule has 0 atom stereocenters. The Balaban J connectivity index is 1.28.